The Kier molecular flexibility index (Phi) is 5.68. The first-order valence-corrected chi connectivity index (χ1v) is 9.66. The van der Waals surface area contributed by atoms with Crippen molar-refractivity contribution in [1.82, 2.24) is 13.9 Å². The van der Waals surface area contributed by atoms with E-state index in [1.807, 2.05) is 0 Å². The van der Waals surface area contributed by atoms with Crippen LogP contribution < -0.4 is 5.32 Å². The first-order chi connectivity index (χ1) is 9.81. The van der Waals surface area contributed by atoms with Gasteiger partial charge in [0.15, 0.2) is 0 Å². The van der Waals surface area contributed by atoms with E-state index in [0.717, 1.165) is 32.2 Å². The minimum absolute atomic E-state index is 0.261. The molecular weight excluding hydrogens is 286 g/mol. The number of rotatable bonds is 7. The van der Waals surface area contributed by atoms with Crippen molar-refractivity contribution in [2.75, 3.05) is 33.2 Å². The molecule has 0 unspecified atom stereocenters. The van der Waals surface area contributed by atoms with E-state index in [-0.39, 0.29) is 5.41 Å². The molecule has 0 bridgehead atoms. The lowest BCUT2D eigenvalue weighted by Crippen LogP contribution is -2.43. The Hall–Kier alpha value is -0.170. The summed E-state index contributed by atoms with van der Waals surface area (Å²) < 4.78 is 28.4. The van der Waals surface area contributed by atoms with Gasteiger partial charge >= 0.3 is 0 Å². The third-order valence-corrected chi connectivity index (χ3v) is 6.67. The van der Waals surface area contributed by atoms with Crippen LogP contribution in [0.4, 0.5) is 0 Å². The number of nitrogens with one attached hydrogen (secondary N) is 1. The van der Waals surface area contributed by atoms with Crippen molar-refractivity contribution in [2.45, 2.75) is 58.4 Å². The molecule has 1 N–H and O–H groups in total. The topological polar surface area (TPSA) is 52.7 Å². The zero-order chi connectivity index (χ0) is 15.5. The van der Waals surface area contributed by atoms with E-state index in [0.29, 0.717) is 25.7 Å². The molecule has 1 aliphatic carbocycles. The minimum Gasteiger partial charge on any atom is -0.314 e. The third kappa shape index (κ3) is 5.20. The highest BCUT2D eigenvalue weighted by Crippen LogP contribution is 2.30. The largest absolute Gasteiger partial charge is 0.314 e. The van der Waals surface area contributed by atoms with E-state index >= 15 is 0 Å². The summed E-state index contributed by atoms with van der Waals surface area (Å²) >= 11 is 0. The summed E-state index contributed by atoms with van der Waals surface area (Å²) in [5, 5.41) is 3.43. The molecule has 2 rings (SSSR count). The van der Waals surface area contributed by atoms with Gasteiger partial charge in [-0.25, -0.2) is 0 Å². The van der Waals surface area contributed by atoms with Gasteiger partial charge in [-0.05, 0) is 50.5 Å². The quantitative estimate of drug-likeness (QED) is 0.729. The van der Waals surface area contributed by atoms with Gasteiger partial charge in [0, 0.05) is 32.7 Å². The van der Waals surface area contributed by atoms with Crippen LogP contribution in [0.25, 0.3) is 0 Å². The van der Waals surface area contributed by atoms with E-state index in [1.165, 1.54) is 17.1 Å². The zero-order valence-electron chi connectivity index (χ0n) is 13.8. The summed E-state index contributed by atoms with van der Waals surface area (Å²) in [4.78, 5) is 0. The van der Waals surface area contributed by atoms with Gasteiger partial charge in [0.25, 0.3) is 10.2 Å². The van der Waals surface area contributed by atoms with Gasteiger partial charge < -0.3 is 5.32 Å². The highest BCUT2D eigenvalue weighted by molar-refractivity contribution is 7.86. The fourth-order valence-corrected chi connectivity index (χ4v) is 4.27. The molecule has 1 heterocycles. The lowest BCUT2D eigenvalue weighted by molar-refractivity contribution is 0.309. The summed E-state index contributed by atoms with van der Waals surface area (Å²) in [6.45, 7) is 7.29. The lowest BCUT2D eigenvalue weighted by Gasteiger charge is -2.27. The van der Waals surface area contributed by atoms with Gasteiger partial charge in [-0.1, -0.05) is 13.8 Å². The Morgan fingerprint density at radius 2 is 1.95 bits per heavy atom. The van der Waals surface area contributed by atoms with Crippen LogP contribution in [0.2, 0.25) is 0 Å². The van der Waals surface area contributed by atoms with E-state index < -0.39 is 10.2 Å². The Morgan fingerprint density at radius 3 is 2.62 bits per heavy atom. The van der Waals surface area contributed by atoms with Crippen LogP contribution >= 0.6 is 0 Å². The number of hydrogen-bond acceptors (Lipinski definition) is 3. The normalized spacial score (nSPS) is 24.2. The van der Waals surface area contributed by atoms with E-state index in [2.05, 4.69) is 19.2 Å². The van der Waals surface area contributed by atoms with Gasteiger partial charge in [0.05, 0.1) is 0 Å². The molecule has 0 amide bonds. The fourth-order valence-electron chi connectivity index (χ4n) is 2.84. The molecule has 1 aliphatic heterocycles. The second-order valence-corrected chi connectivity index (χ2v) is 9.36. The highest BCUT2D eigenvalue weighted by atomic mass is 32.2. The fraction of sp³-hybridized carbons (Fsp3) is 1.00. The minimum atomic E-state index is -3.28. The van der Waals surface area contributed by atoms with Crippen LogP contribution in [0.5, 0.6) is 0 Å². The maximum absolute atomic E-state index is 12.6. The van der Waals surface area contributed by atoms with Crippen molar-refractivity contribution in [1.29, 1.82) is 0 Å². The van der Waals surface area contributed by atoms with E-state index in [1.54, 1.807) is 11.4 Å². The SMILES string of the molecule is CN(CCCNC1CC1)S(=O)(=O)N1CCCC(C)(C)CC1. The highest BCUT2D eigenvalue weighted by Gasteiger charge is 2.31. The lowest BCUT2D eigenvalue weighted by atomic mass is 9.85. The molecule has 5 nitrogen and oxygen atoms in total. The van der Waals surface area contributed by atoms with E-state index in [9.17, 15) is 8.42 Å². The second kappa shape index (κ2) is 6.94. The van der Waals surface area contributed by atoms with Gasteiger partial charge in [-0.3, -0.25) is 0 Å². The van der Waals surface area contributed by atoms with Crippen molar-refractivity contribution in [3.63, 3.8) is 0 Å². The van der Waals surface area contributed by atoms with Crippen molar-refractivity contribution in [3.8, 4) is 0 Å². The first kappa shape index (κ1) is 17.2. The van der Waals surface area contributed by atoms with Crippen molar-refractivity contribution >= 4 is 10.2 Å². The molecule has 124 valence electrons. The molecule has 0 aromatic carbocycles. The molecule has 0 radical (unpaired) electrons. The molecule has 6 heteroatoms. The maximum atomic E-state index is 12.6. The molecule has 2 fully saturated rings. The van der Waals surface area contributed by atoms with Crippen molar-refractivity contribution in [2.24, 2.45) is 5.41 Å². The number of nitrogens with zero attached hydrogens (tertiary/aromatic N) is 2. The molecule has 21 heavy (non-hydrogen) atoms. The molecule has 2 aliphatic rings. The van der Waals surface area contributed by atoms with Gasteiger partial charge in [-0.2, -0.15) is 17.0 Å². The zero-order valence-corrected chi connectivity index (χ0v) is 14.6. The van der Waals surface area contributed by atoms with Crippen molar-refractivity contribution in [3.05, 3.63) is 0 Å². The van der Waals surface area contributed by atoms with E-state index in [4.69, 9.17) is 0 Å². The summed E-state index contributed by atoms with van der Waals surface area (Å²) in [5.74, 6) is 0. The predicted octanol–water partition coefficient (Wildman–Crippen LogP) is 1.82. The summed E-state index contributed by atoms with van der Waals surface area (Å²) in [5.41, 5.74) is 0.261. The average Bonchev–Trinajstić information content (AvgIpc) is 3.22. The number of hydrogen-bond donors (Lipinski definition) is 1. The summed E-state index contributed by atoms with van der Waals surface area (Å²) in [6, 6.07) is 0.694. The molecule has 0 spiro atoms. The molecule has 1 saturated carbocycles. The summed E-state index contributed by atoms with van der Waals surface area (Å²) in [7, 11) is -1.57. The molecule has 0 aromatic heterocycles. The van der Waals surface area contributed by atoms with Crippen LogP contribution in [-0.4, -0.2) is 56.3 Å². The van der Waals surface area contributed by atoms with Gasteiger partial charge in [0.1, 0.15) is 0 Å². The van der Waals surface area contributed by atoms with Crippen LogP contribution in [0.1, 0.15) is 52.4 Å². The smallest absolute Gasteiger partial charge is 0.281 e. The molecular formula is C15H31N3O2S. The van der Waals surface area contributed by atoms with Crippen molar-refractivity contribution < 1.29 is 8.42 Å². The van der Waals surface area contributed by atoms with Crippen LogP contribution in [0.15, 0.2) is 0 Å². The maximum Gasteiger partial charge on any atom is 0.281 e. The standard InChI is InChI=1S/C15H31N3O2S/c1-15(2)8-4-12-18(13-9-15)21(19,20)17(3)11-5-10-16-14-6-7-14/h14,16H,4-13H2,1-3H3. The average molecular weight is 317 g/mol. The molecule has 1 saturated heterocycles. The Labute approximate surface area is 130 Å². The van der Waals surface area contributed by atoms with Crippen LogP contribution in [0.3, 0.4) is 0 Å². The van der Waals surface area contributed by atoms with Crippen LogP contribution in [0, 0.1) is 5.41 Å². The van der Waals surface area contributed by atoms with Gasteiger partial charge in [0.2, 0.25) is 0 Å². The third-order valence-electron chi connectivity index (χ3n) is 4.68. The van der Waals surface area contributed by atoms with Gasteiger partial charge in [-0.15, -0.1) is 0 Å². The Balaban J connectivity index is 1.80. The second-order valence-electron chi connectivity index (χ2n) is 7.33. The predicted molar refractivity (Wildman–Crippen MR) is 86.4 cm³/mol. The molecule has 0 atom stereocenters. The Morgan fingerprint density at radius 1 is 1.24 bits per heavy atom. The Bertz CT molecular complexity index is 432. The first-order valence-electron chi connectivity index (χ1n) is 8.26. The molecule has 0 aromatic rings. The monoisotopic (exact) mass is 317 g/mol. The van der Waals surface area contributed by atoms with Crippen LogP contribution in [-0.2, 0) is 10.2 Å². The summed E-state index contributed by atoms with van der Waals surface area (Å²) in [6.07, 6.45) is 6.45.